The average Bonchev–Trinajstić information content (AvgIpc) is 2.78. The molecule has 0 saturated heterocycles. The lowest BCUT2D eigenvalue weighted by Gasteiger charge is -2.24. The summed E-state index contributed by atoms with van der Waals surface area (Å²) in [6.45, 7) is 3.15. The molecule has 3 amide bonds. The van der Waals surface area contributed by atoms with Crippen molar-refractivity contribution < 1.29 is 19.1 Å². The van der Waals surface area contributed by atoms with E-state index in [1.165, 1.54) is 11.0 Å². The molecule has 0 bridgehead atoms. The molecule has 0 saturated carbocycles. The predicted molar refractivity (Wildman–Crippen MR) is 115 cm³/mol. The zero-order chi connectivity index (χ0) is 22.1. The number of halogens is 2. The molecule has 0 fully saturated rings. The standard InChI is InChI=1S/C21H22ClFN4O3/c1-21(2)19(29)27(3)15-9-8-14(25-20(30)24-10-11-28)17(22)16(15)18(26-21)12-6-4-5-7-13(12)23/h4-9,28H,10-11H2,1-3H3,(H2,24,25,30). The van der Waals surface area contributed by atoms with Crippen molar-refractivity contribution in [3.05, 3.63) is 58.4 Å². The van der Waals surface area contributed by atoms with Crippen LogP contribution >= 0.6 is 11.6 Å². The highest BCUT2D eigenvalue weighted by Crippen LogP contribution is 2.39. The molecule has 0 spiro atoms. The van der Waals surface area contributed by atoms with Crippen LogP contribution in [0.3, 0.4) is 0 Å². The van der Waals surface area contributed by atoms with E-state index in [9.17, 15) is 14.0 Å². The van der Waals surface area contributed by atoms with Crippen LogP contribution in [0.2, 0.25) is 5.02 Å². The maximum absolute atomic E-state index is 14.7. The Morgan fingerprint density at radius 1 is 1.27 bits per heavy atom. The molecule has 7 nitrogen and oxygen atoms in total. The molecule has 0 aromatic heterocycles. The number of nitrogens with zero attached hydrogens (tertiary/aromatic N) is 2. The van der Waals surface area contributed by atoms with Gasteiger partial charge in [-0.05, 0) is 38.1 Å². The highest BCUT2D eigenvalue weighted by atomic mass is 35.5. The number of hydrogen-bond donors (Lipinski definition) is 3. The summed E-state index contributed by atoms with van der Waals surface area (Å²) in [5.41, 5.74) is 0.285. The Balaban J connectivity index is 2.23. The van der Waals surface area contributed by atoms with Crippen molar-refractivity contribution in [2.24, 2.45) is 4.99 Å². The van der Waals surface area contributed by atoms with Crippen LogP contribution < -0.4 is 15.5 Å². The van der Waals surface area contributed by atoms with Gasteiger partial charge >= 0.3 is 6.03 Å². The average molecular weight is 433 g/mol. The highest BCUT2D eigenvalue weighted by Gasteiger charge is 2.37. The molecule has 30 heavy (non-hydrogen) atoms. The molecular formula is C21H22ClFN4O3. The van der Waals surface area contributed by atoms with Crippen LogP contribution in [0.25, 0.3) is 0 Å². The van der Waals surface area contributed by atoms with Crippen molar-refractivity contribution in [2.45, 2.75) is 19.4 Å². The fourth-order valence-corrected chi connectivity index (χ4v) is 3.55. The minimum atomic E-state index is -1.17. The lowest BCUT2D eigenvalue weighted by molar-refractivity contribution is -0.122. The number of benzodiazepines with no additional fused rings is 1. The Morgan fingerprint density at radius 2 is 1.97 bits per heavy atom. The van der Waals surface area contributed by atoms with Crippen molar-refractivity contribution in [3.8, 4) is 0 Å². The summed E-state index contributed by atoms with van der Waals surface area (Å²) < 4.78 is 14.7. The second-order valence-electron chi connectivity index (χ2n) is 7.29. The van der Waals surface area contributed by atoms with E-state index in [0.29, 0.717) is 11.3 Å². The van der Waals surface area contributed by atoms with Gasteiger partial charge in [0.25, 0.3) is 5.91 Å². The second-order valence-corrected chi connectivity index (χ2v) is 7.67. The van der Waals surface area contributed by atoms with Crippen LogP contribution in [-0.4, -0.2) is 48.5 Å². The summed E-state index contributed by atoms with van der Waals surface area (Å²) in [7, 11) is 1.60. The van der Waals surface area contributed by atoms with E-state index < -0.39 is 17.4 Å². The summed E-state index contributed by atoms with van der Waals surface area (Å²) in [4.78, 5) is 31.0. The van der Waals surface area contributed by atoms with Crippen LogP contribution in [0.15, 0.2) is 41.4 Å². The minimum absolute atomic E-state index is 0.0712. The van der Waals surface area contributed by atoms with Crippen LogP contribution in [0.1, 0.15) is 25.0 Å². The first-order valence-electron chi connectivity index (χ1n) is 9.29. The second kappa shape index (κ2) is 8.41. The molecule has 9 heteroatoms. The van der Waals surface area contributed by atoms with E-state index in [2.05, 4.69) is 15.6 Å². The Bertz CT molecular complexity index is 1040. The molecule has 0 unspecified atom stereocenters. The third-order valence-electron chi connectivity index (χ3n) is 4.71. The van der Waals surface area contributed by atoms with Crippen LogP contribution in [-0.2, 0) is 4.79 Å². The number of rotatable bonds is 4. The first-order chi connectivity index (χ1) is 14.2. The third kappa shape index (κ3) is 4.01. The van der Waals surface area contributed by atoms with Crippen molar-refractivity contribution in [2.75, 3.05) is 30.4 Å². The van der Waals surface area contributed by atoms with Crippen LogP contribution in [0.5, 0.6) is 0 Å². The van der Waals surface area contributed by atoms with Gasteiger partial charge in [0, 0.05) is 24.7 Å². The molecule has 3 N–H and O–H groups in total. The Kier molecular flexibility index (Phi) is 6.09. The Labute approximate surface area is 178 Å². The van der Waals surface area contributed by atoms with Gasteiger partial charge in [-0.15, -0.1) is 0 Å². The molecule has 0 radical (unpaired) electrons. The number of fused-ring (bicyclic) bond motifs is 1. The zero-order valence-electron chi connectivity index (χ0n) is 16.8. The van der Waals surface area contributed by atoms with E-state index in [1.807, 2.05) is 0 Å². The smallest absolute Gasteiger partial charge is 0.319 e. The normalized spacial score (nSPS) is 15.2. The molecule has 0 atom stereocenters. The van der Waals surface area contributed by atoms with Crippen molar-refractivity contribution in [3.63, 3.8) is 0 Å². The fourth-order valence-electron chi connectivity index (χ4n) is 3.25. The maximum atomic E-state index is 14.7. The van der Waals surface area contributed by atoms with Gasteiger partial charge < -0.3 is 20.6 Å². The number of hydrogen-bond acceptors (Lipinski definition) is 4. The van der Waals surface area contributed by atoms with E-state index in [-0.39, 0.29) is 41.0 Å². The number of nitrogens with one attached hydrogen (secondary N) is 2. The summed E-state index contributed by atoms with van der Waals surface area (Å²) in [6, 6.07) is 8.72. The first-order valence-corrected chi connectivity index (χ1v) is 9.66. The van der Waals surface area contributed by atoms with Gasteiger partial charge in [-0.1, -0.05) is 23.7 Å². The number of anilines is 2. The van der Waals surface area contributed by atoms with Crippen LogP contribution in [0, 0.1) is 5.82 Å². The number of urea groups is 1. The Morgan fingerprint density at radius 3 is 2.63 bits per heavy atom. The molecule has 1 aliphatic heterocycles. The number of aliphatic hydroxyl groups is 1. The number of amides is 3. The number of aliphatic hydroxyl groups excluding tert-OH is 1. The summed E-state index contributed by atoms with van der Waals surface area (Å²) >= 11 is 6.65. The minimum Gasteiger partial charge on any atom is -0.395 e. The highest BCUT2D eigenvalue weighted by molar-refractivity contribution is 6.40. The molecule has 3 rings (SSSR count). The zero-order valence-corrected chi connectivity index (χ0v) is 17.5. The molecule has 2 aromatic rings. The Hall–Kier alpha value is -2.97. The third-order valence-corrected chi connectivity index (χ3v) is 5.10. The van der Waals surface area contributed by atoms with Gasteiger partial charge in [0.05, 0.1) is 28.7 Å². The topological polar surface area (TPSA) is 94.0 Å². The van der Waals surface area contributed by atoms with E-state index in [1.54, 1.807) is 51.2 Å². The van der Waals surface area contributed by atoms with Crippen LogP contribution in [0.4, 0.5) is 20.6 Å². The van der Waals surface area contributed by atoms with Gasteiger partial charge in [-0.25, -0.2) is 9.18 Å². The molecule has 2 aromatic carbocycles. The predicted octanol–water partition coefficient (Wildman–Crippen LogP) is 3.19. The maximum Gasteiger partial charge on any atom is 0.319 e. The number of benzene rings is 2. The molecule has 1 heterocycles. The lowest BCUT2D eigenvalue weighted by atomic mass is 9.98. The number of carbonyl (C=O) groups is 2. The largest absolute Gasteiger partial charge is 0.395 e. The summed E-state index contributed by atoms with van der Waals surface area (Å²) in [5, 5.41) is 14.0. The fraction of sp³-hybridized carbons (Fsp3) is 0.286. The number of aliphatic imine (C=N–C) groups is 1. The van der Waals surface area contributed by atoms with Gasteiger partial charge in [0.15, 0.2) is 0 Å². The van der Waals surface area contributed by atoms with Crippen molar-refractivity contribution in [1.82, 2.24) is 5.32 Å². The van der Waals surface area contributed by atoms with Gasteiger partial charge in [-0.2, -0.15) is 0 Å². The van der Waals surface area contributed by atoms with Gasteiger partial charge in [-0.3, -0.25) is 9.79 Å². The van der Waals surface area contributed by atoms with Crippen molar-refractivity contribution >= 4 is 40.6 Å². The van der Waals surface area contributed by atoms with E-state index in [4.69, 9.17) is 16.7 Å². The van der Waals surface area contributed by atoms with Crippen molar-refractivity contribution in [1.29, 1.82) is 0 Å². The molecule has 158 valence electrons. The van der Waals surface area contributed by atoms with Gasteiger partial charge in [0.1, 0.15) is 11.4 Å². The molecule has 0 aliphatic carbocycles. The van der Waals surface area contributed by atoms with E-state index >= 15 is 0 Å². The first kappa shape index (κ1) is 21.7. The molecular weight excluding hydrogens is 411 g/mol. The monoisotopic (exact) mass is 432 g/mol. The van der Waals surface area contributed by atoms with E-state index in [0.717, 1.165) is 0 Å². The summed E-state index contributed by atoms with van der Waals surface area (Å²) in [5.74, 6) is -0.794. The number of carbonyl (C=O) groups excluding carboxylic acids is 2. The number of likely N-dealkylation sites (N-methyl/N-ethyl adjacent to an activating group) is 1. The quantitative estimate of drug-likeness (QED) is 0.692. The lowest BCUT2D eigenvalue weighted by Crippen LogP contribution is -2.41. The molecule has 1 aliphatic rings. The SMILES string of the molecule is CN1C(=O)C(C)(C)N=C(c2ccccc2F)c2c1ccc(NC(=O)NCCO)c2Cl. The summed E-state index contributed by atoms with van der Waals surface area (Å²) in [6.07, 6.45) is 0. The van der Waals surface area contributed by atoms with Gasteiger partial charge in [0.2, 0.25) is 0 Å².